The van der Waals surface area contributed by atoms with Gasteiger partial charge in [-0.25, -0.2) is 4.39 Å². The van der Waals surface area contributed by atoms with Crippen molar-refractivity contribution in [1.29, 1.82) is 0 Å². The maximum absolute atomic E-state index is 14.9. The lowest BCUT2D eigenvalue weighted by atomic mass is 9.66. The summed E-state index contributed by atoms with van der Waals surface area (Å²) in [5, 5.41) is 3.24. The number of carbonyl (C=O) groups is 1. The molecule has 156 valence electrons. The van der Waals surface area contributed by atoms with Crippen molar-refractivity contribution in [3.63, 3.8) is 0 Å². The highest BCUT2D eigenvalue weighted by Gasteiger charge is 2.49. The average molecular weight is 393 g/mol. The van der Waals surface area contributed by atoms with Gasteiger partial charge in [0, 0.05) is 37.0 Å². The van der Waals surface area contributed by atoms with Gasteiger partial charge in [-0.05, 0) is 31.7 Å². The smallest absolute Gasteiger partial charge is 0.222 e. The molecule has 5 nitrogen and oxygen atoms in total. The molecule has 1 N–H and O–H groups in total. The van der Waals surface area contributed by atoms with Crippen molar-refractivity contribution in [2.75, 3.05) is 20.8 Å². The molecule has 0 bridgehead atoms. The molecule has 0 unspecified atom stereocenters. The molecule has 1 aromatic carbocycles. The van der Waals surface area contributed by atoms with E-state index in [1.54, 1.807) is 25.3 Å². The van der Waals surface area contributed by atoms with Gasteiger partial charge in [0.2, 0.25) is 5.91 Å². The summed E-state index contributed by atoms with van der Waals surface area (Å²) in [6.07, 6.45) is 3.47. The van der Waals surface area contributed by atoms with Crippen LogP contribution in [0.1, 0.15) is 57.6 Å². The van der Waals surface area contributed by atoms with Crippen LogP contribution < -0.4 is 10.1 Å². The summed E-state index contributed by atoms with van der Waals surface area (Å²) in [7, 11) is 3.05. The molecule has 0 spiro atoms. The summed E-state index contributed by atoms with van der Waals surface area (Å²) in [5.41, 5.74) is 0.0435. The normalized spacial score (nSPS) is 32.5. The number of rotatable bonds is 6. The van der Waals surface area contributed by atoms with E-state index in [0.717, 1.165) is 19.3 Å². The maximum Gasteiger partial charge on any atom is 0.222 e. The van der Waals surface area contributed by atoms with E-state index >= 15 is 0 Å². The number of benzene rings is 1. The third-order valence-electron chi connectivity index (χ3n) is 6.34. The van der Waals surface area contributed by atoms with Gasteiger partial charge in [0.05, 0.1) is 25.9 Å². The van der Waals surface area contributed by atoms with Crippen molar-refractivity contribution in [3.8, 4) is 5.75 Å². The molecule has 1 heterocycles. The largest absolute Gasteiger partial charge is 0.494 e. The van der Waals surface area contributed by atoms with Gasteiger partial charge in [-0.3, -0.25) is 4.79 Å². The molecule has 1 saturated heterocycles. The van der Waals surface area contributed by atoms with Crippen LogP contribution in [0.25, 0.3) is 0 Å². The molecule has 1 aromatic rings. The van der Waals surface area contributed by atoms with E-state index in [0.29, 0.717) is 30.9 Å². The number of nitrogens with one attached hydrogen (secondary N) is 1. The third-order valence-corrected chi connectivity index (χ3v) is 6.34. The Bertz CT molecular complexity index is 697. The molecule has 28 heavy (non-hydrogen) atoms. The van der Waals surface area contributed by atoms with Crippen LogP contribution in [0.2, 0.25) is 0 Å². The second kappa shape index (κ2) is 8.78. The van der Waals surface area contributed by atoms with Gasteiger partial charge in [0.25, 0.3) is 0 Å². The number of hydrogen-bond acceptors (Lipinski definition) is 4. The number of carbonyl (C=O) groups excluding carboxylic acids is 1. The van der Waals surface area contributed by atoms with Gasteiger partial charge in [-0.1, -0.05) is 25.5 Å². The van der Waals surface area contributed by atoms with Gasteiger partial charge >= 0.3 is 0 Å². The minimum Gasteiger partial charge on any atom is -0.494 e. The first-order valence-electron chi connectivity index (χ1n) is 10.2. The molecule has 1 amide bonds. The van der Waals surface area contributed by atoms with Crippen molar-refractivity contribution in [2.24, 2.45) is 11.8 Å². The van der Waals surface area contributed by atoms with Gasteiger partial charge in [0.1, 0.15) is 0 Å². The van der Waals surface area contributed by atoms with Gasteiger partial charge < -0.3 is 19.5 Å². The van der Waals surface area contributed by atoms with Gasteiger partial charge in [-0.15, -0.1) is 0 Å². The molecule has 3 rings (SSSR count). The predicted molar refractivity (Wildman–Crippen MR) is 105 cm³/mol. The van der Waals surface area contributed by atoms with Crippen molar-refractivity contribution < 1.29 is 23.4 Å². The van der Waals surface area contributed by atoms with Crippen molar-refractivity contribution in [2.45, 2.75) is 63.7 Å². The Labute approximate surface area is 166 Å². The van der Waals surface area contributed by atoms with E-state index in [4.69, 9.17) is 14.2 Å². The van der Waals surface area contributed by atoms with Gasteiger partial charge in [0.15, 0.2) is 11.6 Å². The molecule has 1 aliphatic carbocycles. The molecular weight excluding hydrogens is 361 g/mol. The minimum absolute atomic E-state index is 0.000765. The van der Waals surface area contributed by atoms with Crippen LogP contribution in [-0.2, 0) is 14.3 Å². The standard InChI is InChI=1S/C22H32FNO4/c1-14-8-9-16-18(12-14)28-19(15-6-5-7-17(27-4)21(15)23)13-22(16,2)24-20(25)10-11-26-3/h5-7,14,16,18-19H,8-13H2,1-4H3,(H,24,25)/t14-,16-,18-,19-,22-/m1/s1. The topological polar surface area (TPSA) is 56.8 Å². The number of halogens is 1. The number of fused-ring (bicyclic) bond motifs is 1. The summed E-state index contributed by atoms with van der Waals surface area (Å²) >= 11 is 0. The van der Waals surface area contributed by atoms with E-state index in [9.17, 15) is 9.18 Å². The monoisotopic (exact) mass is 393 g/mol. The van der Waals surface area contributed by atoms with Crippen molar-refractivity contribution >= 4 is 5.91 Å². The highest BCUT2D eigenvalue weighted by molar-refractivity contribution is 5.77. The molecule has 6 heteroatoms. The number of hydrogen-bond donors (Lipinski definition) is 1. The van der Waals surface area contributed by atoms with Crippen LogP contribution in [0.4, 0.5) is 4.39 Å². The number of amides is 1. The lowest BCUT2D eigenvalue weighted by Crippen LogP contribution is -2.60. The van der Waals surface area contributed by atoms with Crippen LogP contribution in [0.3, 0.4) is 0 Å². The number of methoxy groups -OCH3 is 2. The quantitative estimate of drug-likeness (QED) is 0.793. The molecular formula is C22H32FNO4. The minimum atomic E-state index is -0.450. The number of ether oxygens (including phenoxy) is 3. The fourth-order valence-electron chi connectivity index (χ4n) is 4.84. The lowest BCUT2D eigenvalue weighted by molar-refractivity contribution is -0.154. The van der Waals surface area contributed by atoms with Crippen LogP contribution in [0.15, 0.2) is 18.2 Å². The molecule has 1 aliphatic heterocycles. The van der Waals surface area contributed by atoms with E-state index in [-0.39, 0.29) is 29.5 Å². The molecule has 0 aromatic heterocycles. The summed E-state index contributed by atoms with van der Waals surface area (Å²) in [5.74, 6) is 0.577. The van der Waals surface area contributed by atoms with E-state index in [1.165, 1.54) is 7.11 Å². The Balaban J connectivity index is 1.89. The first-order chi connectivity index (χ1) is 13.4. The Kier molecular flexibility index (Phi) is 6.61. The van der Waals surface area contributed by atoms with Crippen LogP contribution in [-0.4, -0.2) is 38.4 Å². The van der Waals surface area contributed by atoms with E-state index in [1.807, 2.05) is 0 Å². The molecule has 2 fully saturated rings. The maximum atomic E-state index is 14.9. The molecule has 5 atom stereocenters. The Morgan fingerprint density at radius 1 is 1.36 bits per heavy atom. The Hall–Kier alpha value is -1.66. The van der Waals surface area contributed by atoms with E-state index in [2.05, 4.69) is 19.2 Å². The zero-order chi connectivity index (χ0) is 20.3. The highest BCUT2D eigenvalue weighted by Crippen LogP contribution is 2.48. The van der Waals surface area contributed by atoms with Gasteiger partial charge in [-0.2, -0.15) is 0 Å². The lowest BCUT2D eigenvalue weighted by Gasteiger charge is -2.52. The first kappa shape index (κ1) is 21.1. The zero-order valence-electron chi connectivity index (χ0n) is 17.3. The average Bonchev–Trinajstić information content (AvgIpc) is 2.65. The highest BCUT2D eigenvalue weighted by atomic mass is 19.1. The van der Waals surface area contributed by atoms with Crippen molar-refractivity contribution in [1.82, 2.24) is 5.32 Å². The predicted octanol–water partition coefficient (Wildman–Crippen LogP) is 4.01. The summed E-state index contributed by atoms with van der Waals surface area (Å²) in [6, 6.07) is 5.14. The van der Waals surface area contributed by atoms with Crippen molar-refractivity contribution in [3.05, 3.63) is 29.6 Å². The first-order valence-corrected chi connectivity index (χ1v) is 10.2. The SMILES string of the molecule is COCCC(=O)N[C@]1(C)C[C@H](c2cccc(OC)c2F)O[C@@H]2C[C@H](C)CC[C@H]21. The molecule has 2 aliphatic rings. The third kappa shape index (κ3) is 4.33. The van der Waals surface area contributed by atoms with Crippen LogP contribution in [0.5, 0.6) is 5.75 Å². The second-order valence-electron chi connectivity index (χ2n) is 8.46. The summed E-state index contributed by atoms with van der Waals surface area (Å²) in [4.78, 5) is 12.5. The molecule has 0 radical (unpaired) electrons. The second-order valence-corrected chi connectivity index (χ2v) is 8.46. The fourth-order valence-corrected chi connectivity index (χ4v) is 4.84. The Morgan fingerprint density at radius 3 is 2.86 bits per heavy atom. The zero-order valence-corrected chi connectivity index (χ0v) is 17.3. The summed E-state index contributed by atoms with van der Waals surface area (Å²) in [6.45, 7) is 4.69. The van der Waals surface area contributed by atoms with Crippen LogP contribution in [0, 0.1) is 17.7 Å². The Morgan fingerprint density at radius 2 is 2.14 bits per heavy atom. The fraction of sp³-hybridized carbons (Fsp3) is 0.682. The van der Waals surface area contributed by atoms with E-state index < -0.39 is 11.6 Å². The van der Waals surface area contributed by atoms with Crippen LogP contribution >= 0.6 is 0 Å². The summed E-state index contributed by atoms with van der Waals surface area (Å²) < 4.78 is 31.5. The molecule has 1 saturated carbocycles.